The Kier molecular flexibility index (Phi) is 4.20. The predicted octanol–water partition coefficient (Wildman–Crippen LogP) is 3.05. The molecule has 0 aliphatic carbocycles. The van der Waals surface area contributed by atoms with E-state index in [2.05, 4.69) is 50.0 Å². The summed E-state index contributed by atoms with van der Waals surface area (Å²) in [5, 5.41) is 3.16. The van der Waals surface area contributed by atoms with E-state index in [0.717, 1.165) is 23.4 Å². The van der Waals surface area contributed by atoms with Gasteiger partial charge in [0.15, 0.2) is 0 Å². The average molecular weight is 299 g/mol. The molecule has 4 nitrogen and oxygen atoms in total. The van der Waals surface area contributed by atoms with Crippen LogP contribution in [0.2, 0.25) is 0 Å². The Bertz CT molecular complexity index is 383. The number of nitrogens with one attached hydrogen (secondary N) is 1. The van der Waals surface area contributed by atoms with Crippen LogP contribution in [0.25, 0.3) is 0 Å². The van der Waals surface area contributed by atoms with E-state index in [-0.39, 0.29) is 0 Å². The van der Waals surface area contributed by atoms with Gasteiger partial charge in [0.05, 0.1) is 4.47 Å². The lowest BCUT2D eigenvalue weighted by Gasteiger charge is -2.35. The van der Waals surface area contributed by atoms with Crippen LogP contribution < -0.4 is 10.2 Å². The number of aromatic nitrogens is 2. The maximum atomic E-state index is 4.59. The number of rotatable bonds is 3. The molecule has 1 atom stereocenters. The highest BCUT2D eigenvalue weighted by molar-refractivity contribution is 9.10. The summed E-state index contributed by atoms with van der Waals surface area (Å²) in [7, 11) is 0. The summed E-state index contributed by atoms with van der Waals surface area (Å²) in [6, 6.07) is 0.560. The molecule has 1 saturated heterocycles. The molecule has 1 aliphatic heterocycles. The summed E-state index contributed by atoms with van der Waals surface area (Å²) in [6.45, 7) is 6.24. The van der Waals surface area contributed by atoms with Crippen molar-refractivity contribution in [2.75, 3.05) is 23.3 Å². The number of hydrogen-bond donors (Lipinski definition) is 1. The zero-order valence-electron chi connectivity index (χ0n) is 10.4. The lowest BCUT2D eigenvalue weighted by Crippen LogP contribution is -2.38. The third kappa shape index (κ3) is 2.89. The SMILES string of the molecule is CCNc1ncc(Br)c(N2CCCCC2C)n1. The molecule has 1 aromatic rings. The maximum absolute atomic E-state index is 4.59. The van der Waals surface area contributed by atoms with Crippen LogP contribution in [-0.2, 0) is 0 Å². The molecule has 1 aliphatic rings. The van der Waals surface area contributed by atoms with Gasteiger partial charge in [0.25, 0.3) is 0 Å². The highest BCUT2D eigenvalue weighted by Gasteiger charge is 2.22. The summed E-state index contributed by atoms with van der Waals surface area (Å²) in [6.07, 6.45) is 5.65. The van der Waals surface area contributed by atoms with Crippen LogP contribution in [0.3, 0.4) is 0 Å². The Morgan fingerprint density at radius 3 is 3.06 bits per heavy atom. The van der Waals surface area contributed by atoms with E-state index in [9.17, 15) is 0 Å². The predicted molar refractivity (Wildman–Crippen MR) is 74.6 cm³/mol. The molecule has 0 saturated carbocycles. The van der Waals surface area contributed by atoms with Gasteiger partial charge in [-0.25, -0.2) is 4.98 Å². The topological polar surface area (TPSA) is 41.1 Å². The highest BCUT2D eigenvalue weighted by atomic mass is 79.9. The van der Waals surface area contributed by atoms with Gasteiger partial charge in [0, 0.05) is 25.3 Å². The molecule has 1 unspecified atom stereocenters. The lowest BCUT2D eigenvalue weighted by atomic mass is 10.0. The number of halogens is 1. The smallest absolute Gasteiger partial charge is 0.224 e. The van der Waals surface area contributed by atoms with Crippen LogP contribution >= 0.6 is 15.9 Å². The molecule has 94 valence electrons. The molecule has 0 bridgehead atoms. The second-order valence-electron chi connectivity index (χ2n) is 4.43. The third-order valence-corrected chi connectivity index (χ3v) is 3.69. The summed E-state index contributed by atoms with van der Waals surface area (Å²) >= 11 is 3.55. The van der Waals surface area contributed by atoms with Gasteiger partial charge in [-0.15, -0.1) is 0 Å². The zero-order valence-corrected chi connectivity index (χ0v) is 12.0. The van der Waals surface area contributed by atoms with E-state index < -0.39 is 0 Å². The fourth-order valence-electron chi connectivity index (χ4n) is 2.22. The Labute approximate surface area is 111 Å². The fourth-order valence-corrected chi connectivity index (χ4v) is 2.63. The first-order chi connectivity index (χ1) is 8.22. The van der Waals surface area contributed by atoms with Gasteiger partial charge < -0.3 is 10.2 Å². The van der Waals surface area contributed by atoms with Gasteiger partial charge in [0.1, 0.15) is 5.82 Å². The molecule has 0 aromatic carbocycles. The highest BCUT2D eigenvalue weighted by Crippen LogP contribution is 2.29. The van der Waals surface area contributed by atoms with Gasteiger partial charge in [-0.05, 0) is 49.0 Å². The van der Waals surface area contributed by atoms with E-state index in [4.69, 9.17) is 0 Å². The minimum absolute atomic E-state index is 0.560. The number of piperidine rings is 1. The van der Waals surface area contributed by atoms with E-state index in [1.807, 2.05) is 6.20 Å². The Balaban J connectivity index is 2.25. The van der Waals surface area contributed by atoms with E-state index in [1.165, 1.54) is 19.3 Å². The molecule has 1 aromatic heterocycles. The second-order valence-corrected chi connectivity index (χ2v) is 5.29. The Morgan fingerprint density at radius 2 is 2.35 bits per heavy atom. The van der Waals surface area contributed by atoms with Crippen molar-refractivity contribution in [1.29, 1.82) is 0 Å². The molecular formula is C12H19BrN4. The van der Waals surface area contributed by atoms with Crippen molar-refractivity contribution in [2.24, 2.45) is 0 Å². The third-order valence-electron chi connectivity index (χ3n) is 3.14. The van der Waals surface area contributed by atoms with Gasteiger partial charge in [0.2, 0.25) is 5.95 Å². The van der Waals surface area contributed by atoms with Crippen molar-refractivity contribution in [3.05, 3.63) is 10.7 Å². The minimum atomic E-state index is 0.560. The maximum Gasteiger partial charge on any atom is 0.224 e. The Hall–Kier alpha value is -0.840. The lowest BCUT2D eigenvalue weighted by molar-refractivity contribution is 0.480. The molecule has 2 heterocycles. The summed E-state index contributed by atoms with van der Waals surface area (Å²) in [5.74, 6) is 1.73. The Morgan fingerprint density at radius 1 is 1.53 bits per heavy atom. The fraction of sp³-hybridized carbons (Fsp3) is 0.667. The molecule has 17 heavy (non-hydrogen) atoms. The molecule has 5 heteroatoms. The molecule has 1 N–H and O–H groups in total. The van der Waals surface area contributed by atoms with Crippen molar-refractivity contribution in [3.8, 4) is 0 Å². The van der Waals surface area contributed by atoms with Crippen LogP contribution in [0.5, 0.6) is 0 Å². The van der Waals surface area contributed by atoms with Crippen molar-refractivity contribution in [1.82, 2.24) is 9.97 Å². The van der Waals surface area contributed by atoms with Crippen molar-refractivity contribution in [2.45, 2.75) is 39.2 Å². The van der Waals surface area contributed by atoms with Gasteiger partial charge >= 0.3 is 0 Å². The standard InChI is InChI=1S/C12H19BrN4/c1-3-14-12-15-8-10(13)11(16-12)17-7-5-4-6-9(17)2/h8-9H,3-7H2,1-2H3,(H,14,15,16). The van der Waals surface area contributed by atoms with Crippen molar-refractivity contribution >= 4 is 27.7 Å². The summed E-state index contributed by atoms with van der Waals surface area (Å²) < 4.78 is 0.980. The van der Waals surface area contributed by atoms with Gasteiger partial charge in [-0.2, -0.15) is 4.98 Å². The quantitative estimate of drug-likeness (QED) is 0.931. The van der Waals surface area contributed by atoms with Gasteiger partial charge in [-0.1, -0.05) is 0 Å². The van der Waals surface area contributed by atoms with Crippen LogP contribution in [-0.4, -0.2) is 29.1 Å². The number of anilines is 2. The molecule has 1 fully saturated rings. The average Bonchev–Trinajstić information content (AvgIpc) is 2.33. The first-order valence-electron chi connectivity index (χ1n) is 6.25. The number of nitrogens with zero attached hydrogens (tertiary/aromatic N) is 3. The zero-order chi connectivity index (χ0) is 12.3. The summed E-state index contributed by atoms with van der Waals surface area (Å²) in [5.41, 5.74) is 0. The van der Waals surface area contributed by atoms with Gasteiger partial charge in [-0.3, -0.25) is 0 Å². The molecule has 0 radical (unpaired) electrons. The molecule has 0 amide bonds. The van der Waals surface area contributed by atoms with Crippen molar-refractivity contribution < 1.29 is 0 Å². The van der Waals surface area contributed by atoms with Crippen LogP contribution in [0, 0.1) is 0 Å². The van der Waals surface area contributed by atoms with Crippen molar-refractivity contribution in [3.63, 3.8) is 0 Å². The minimum Gasteiger partial charge on any atom is -0.354 e. The van der Waals surface area contributed by atoms with E-state index in [1.54, 1.807) is 0 Å². The van der Waals surface area contributed by atoms with E-state index >= 15 is 0 Å². The van der Waals surface area contributed by atoms with E-state index in [0.29, 0.717) is 12.0 Å². The first kappa shape index (κ1) is 12.6. The first-order valence-corrected chi connectivity index (χ1v) is 7.04. The number of hydrogen-bond acceptors (Lipinski definition) is 4. The molecule has 0 spiro atoms. The largest absolute Gasteiger partial charge is 0.354 e. The summed E-state index contributed by atoms with van der Waals surface area (Å²) in [4.78, 5) is 11.2. The van der Waals surface area contributed by atoms with Crippen LogP contribution in [0.4, 0.5) is 11.8 Å². The second kappa shape index (κ2) is 5.67. The normalized spacial score (nSPS) is 20.4. The van der Waals surface area contributed by atoms with Crippen LogP contribution in [0.15, 0.2) is 10.7 Å². The monoisotopic (exact) mass is 298 g/mol. The molecule has 2 rings (SSSR count). The molecular weight excluding hydrogens is 280 g/mol. The van der Waals surface area contributed by atoms with Crippen LogP contribution in [0.1, 0.15) is 33.1 Å².